The molecule has 51 heavy (non-hydrogen) atoms. The zero-order chi connectivity index (χ0) is 33.8. The summed E-state index contributed by atoms with van der Waals surface area (Å²) in [6.07, 6.45) is 1.51. The molecule has 11 rings (SSSR count). The fourth-order valence-corrected chi connectivity index (χ4v) is 9.57. The Balaban J connectivity index is 1.13. The van der Waals surface area contributed by atoms with Crippen molar-refractivity contribution in [3.63, 3.8) is 0 Å². The van der Waals surface area contributed by atoms with Gasteiger partial charge in [0, 0.05) is 39.0 Å². The third kappa shape index (κ3) is 3.87. The lowest BCUT2D eigenvalue weighted by atomic mass is 10.0. The predicted molar refractivity (Wildman–Crippen MR) is 202 cm³/mol. The van der Waals surface area contributed by atoms with Crippen LogP contribution in [-0.2, 0) is 9.84 Å². The first-order chi connectivity index (χ1) is 25.1. The van der Waals surface area contributed by atoms with Crippen LogP contribution in [-0.4, -0.2) is 32.5 Å². The summed E-state index contributed by atoms with van der Waals surface area (Å²) in [5, 5.41) is 4.99. The molecule has 0 saturated heterocycles. The number of para-hydroxylation sites is 3. The van der Waals surface area contributed by atoms with Crippen LogP contribution in [0.3, 0.4) is 0 Å². The van der Waals surface area contributed by atoms with Crippen LogP contribution in [0.25, 0.3) is 88.7 Å². The minimum atomic E-state index is -3.74. The van der Waals surface area contributed by atoms with Gasteiger partial charge in [-0.2, -0.15) is 4.98 Å². The second kappa shape index (κ2) is 10.2. The van der Waals surface area contributed by atoms with Gasteiger partial charge in [-0.3, -0.25) is 4.57 Å². The maximum Gasteiger partial charge on any atom is 0.237 e. The van der Waals surface area contributed by atoms with E-state index in [1.807, 2.05) is 24.3 Å². The van der Waals surface area contributed by atoms with E-state index in [9.17, 15) is 8.42 Å². The Morgan fingerprint density at radius 3 is 1.80 bits per heavy atom. The van der Waals surface area contributed by atoms with E-state index < -0.39 is 9.84 Å². The maximum absolute atomic E-state index is 13.6. The first-order valence-electron chi connectivity index (χ1n) is 16.7. The summed E-state index contributed by atoms with van der Waals surface area (Å²) >= 11 is 0. The average Bonchev–Trinajstić information content (AvgIpc) is 3.69. The molecule has 240 valence electrons. The molecule has 0 saturated carbocycles. The molecule has 4 aromatic heterocycles. The van der Waals surface area contributed by atoms with Gasteiger partial charge in [0.1, 0.15) is 0 Å². The minimum absolute atomic E-state index is 0.184. The lowest BCUT2D eigenvalue weighted by molar-refractivity contribution is 0.596. The molecule has 0 spiro atoms. The second-order valence-corrected chi connectivity index (χ2v) is 14.8. The molecular weight excluding hydrogens is 651 g/mol. The molecule has 7 nitrogen and oxygen atoms in total. The smallest absolute Gasteiger partial charge is 0.237 e. The van der Waals surface area contributed by atoms with Crippen molar-refractivity contribution >= 4 is 64.5 Å². The standard InChI is InChI=1S/C43H25N5O2S/c49-51(50)38-17-9-6-14-31(38)41-40-39(51)22-23-44-42(40)46-43(45-41)48-35-16-8-5-13-30(35)33-25-27(19-21-37(33)48)26-18-20-36-32(24-26)29-12-4-7-15-34(29)47(36)28-10-2-1-3-11-28/h1-25H. The van der Waals surface area contributed by atoms with Crippen LogP contribution in [0.1, 0.15) is 0 Å². The highest BCUT2D eigenvalue weighted by atomic mass is 32.2. The van der Waals surface area contributed by atoms with Crippen LogP contribution < -0.4 is 0 Å². The first kappa shape index (κ1) is 28.2. The Hall–Kier alpha value is -6.64. The molecule has 0 fully saturated rings. The number of sulfone groups is 1. The highest BCUT2D eigenvalue weighted by Gasteiger charge is 2.33. The Bertz CT molecular complexity index is 3220. The van der Waals surface area contributed by atoms with Crippen molar-refractivity contribution in [1.82, 2.24) is 24.1 Å². The van der Waals surface area contributed by atoms with Gasteiger partial charge < -0.3 is 4.57 Å². The highest BCUT2D eigenvalue weighted by molar-refractivity contribution is 7.92. The third-order valence-corrected chi connectivity index (χ3v) is 12.0. The molecule has 6 aromatic carbocycles. The second-order valence-electron chi connectivity index (χ2n) is 12.9. The van der Waals surface area contributed by atoms with E-state index in [1.165, 1.54) is 22.5 Å². The fraction of sp³-hybridized carbons (Fsp3) is 0. The van der Waals surface area contributed by atoms with Crippen LogP contribution >= 0.6 is 0 Å². The predicted octanol–water partition coefficient (Wildman–Crippen LogP) is 9.70. The van der Waals surface area contributed by atoms with Crippen LogP contribution in [0, 0.1) is 0 Å². The van der Waals surface area contributed by atoms with Gasteiger partial charge in [-0.15, -0.1) is 0 Å². The van der Waals surface area contributed by atoms with E-state index >= 15 is 0 Å². The van der Waals surface area contributed by atoms with Crippen molar-refractivity contribution in [2.75, 3.05) is 0 Å². The van der Waals surface area contributed by atoms with Crippen molar-refractivity contribution < 1.29 is 8.42 Å². The molecule has 1 aliphatic rings. The average molecular weight is 676 g/mol. The van der Waals surface area contributed by atoms with Gasteiger partial charge in [-0.05, 0) is 71.8 Å². The number of nitrogens with zero attached hydrogens (tertiary/aromatic N) is 5. The number of benzene rings is 6. The zero-order valence-electron chi connectivity index (χ0n) is 26.9. The minimum Gasteiger partial charge on any atom is -0.309 e. The van der Waals surface area contributed by atoms with Crippen molar-refractivity contribution in [1.29, 1.82) is 0 Å². The molecule has 10 aromatic rings. The first-order valence-corrected chi connectivity index (χ1v) is 18.2. The van der Waals surface area contributed by atoms with Gasteiger partial charge in [-0.25, -0.2) is 18.4 Å². The number of rotatable bonds is 3. The van der Waals surface area contributed by atoms with Crippen molar-refractivity contribution in [2.24, 2.45) is 0 Å². The Morgan fingerprint density at radius 2 is 1.08 bits per heavy atom. The summed E-state index contributed by atoms with van der Waals surface area (Å²) in [5.41, 5.74) is 9.04. The largest absolute Gasteiger partial charge is 0.309 e. The number of hydrogen-bond acceptors (Lipinski definition) is 5. The number of fused-ring (bicyclic) bond motifs is 8. The van der Waals surface area contributed by atoms with Crippen molar-refractivity contribution in [3.8, 4) is 34.0 Å². The molecule has 0 N–H and O–H groups in total. The Morgan fingerprint density at radius 1 is 0.490 bits per heavy atom. The summed E-state index contributed by atoms with van der Waals surface area (Å²) in [5.74, 6) is 0.436. The Labute approximate surface area is 291 Å². The molecule has 1 aliphatic heterocycles. The molecule has 0 amide bonds. The van der Waals surface area contributed by atoms with E-state index in [4.69, 9.17) is 9.97 Å². The van der Waals surface area contributed by atoms with Crippen LogP contribution in [0.5, 0.6) is 0 Å². The van der Waals surface area contributed by atoms with E-state index in [1.54, 1.807) is 24.3 Å². The summed E-state index contributed by atoms with van der Waals surface area (Å²) in [7, 11) is -3.74. The van der Waals surface area contributed by atoms with E-state index in [-0.39, 0.29) is 9.79 Å². The highest BCUT2D eigenvalue weighted by Crippen LogP contribution is 2.43. The Kier molecular flexibility index (Phi) is 5.64. The van der Waals surface area contributed by atoms with Gasteiger partial charge in [0.15, 0.2) is 5.65 Å². The molecule has 0 unspecified atom stereocenters. The molecule has 0 aliphatic carbocycles. The summed E-state index contributed by atoms with van der Waals surface area (Å²) < 4.78 is 31.6. The lowest BCUT2D eigenvalue weighted by Gasteiger charge is -2.20. The number of hydrogen-bond donors (Lipinski definition) is 0. The summed E-state index contributed by atoms with van der Waals surface area (Å²) in [6.45, 7) is 0. The molecule has 0 bridgehead atoms. The van der Waals surface area contributed by atoms with Crippen LogP contribution in [0.4, 0.5) is 0 Å². The summed E-state index contributed by atoms with van der Waals surface area (Å²) in [6, 6.07) is 49.1. The van der Waals surface area contributed by atoms with E-state index in [2.05, 4.69) is 111 Å². The molecule has 0 radical (unpaired) electrons. The van der Waals surface area contributed by atoms with Crippen LogP contribution in [0.15, 0.2) is 162 Å². The zero-order valence-corrected chi connectivity index (χ0v) is 27.7. The third-order valence-electron chi connectivity index (χ3n) is 10.2. The number of pyridine rings is 1. The van der Waals surface area contributed by atoms with Crippen molar-refractivity contribution in [2.45, 2.75) is 9.79 Å². The maximum atomic E-state index is 13.6. The van der Waals surface area contributed by atoms with Gasteiger partial charge in [0.05, 0.1) is 42.9 Å². The summed E-state index contributed by atoms with van der Waals surface area (Å²) in [4.78, 5) is 15.0. The topological polar surface area (TPSA) is 82.7 Å². The van der Waals surface area contributed by atoms with E-state index in [0.717, 1.165) is 44.1 Å². The molecule has 0 atom stereocenters. The monoisotopic (exact) mass is 675 g/mol. The quantitative estimate of drug-likeness (QED) is 0.186. The van der Waals surface area contributed by atoms with Crippen molar-refractivity contribution in [3.05, 3.63) is 152 Å². The molecular formula is C43H25N5O2S. The molecule has 5 heterocycles. The normalized spacial score (nSPS) is 13.4. The van der Waals surface area contributed by atoms with Gasteiger partial charge >= 0.3 is 0 Å². The SMILES string of the molecule is O=S1(=O)c2ccccc2-c2nc(-n3c4ccccc4c4cc(-c5ccc6c(c5)c5ccccc5n6-c5ccccc5)ccc43)nc3nccc1c23. The van der Waals surface area contributed by atoms with E-state index in [0.29, 0.717) is 28.2 Å². The molecule has 8 heteroatoms. The van der Waals surface area contributed by atoms with Gasteiger partial charge in [0.25, 0.3) is 0 Å². The number of aromatic nitrogens is 5. The lowest BCUT2D eigenvalue weighted by Crippen LogP contribution is -2.13. The van der Waals surface area contributed by atoms with Gasteiger partial charge in [0.2, 0.25) is 15.8 Å². The fourth-order valence-electron chi connectivity index (χ4n) is 7.93. The van der Waals surface area contributed by atoms with Gasteiger partial charge in [-0.1, -0.05) is 84.9 Å². The van der Waals surface area contributed by atoms with Crippen LogP contribution in [0.2, 0.25) is 0 Å².